The van der Waals surface area contributed by atoms with E-state index >= 15 is 0 Å². The number of benzene rings is 1. The first kappa shape index (κ1) is 22.1. The molecule has 0 spiro atoms. The number of furan rings is 1. The molecule has 0 saturated heterocycles. The molecule has 0 radical (unpaired) electrons. The van der Waals surface area contributed by atoms with Gasteiger partial charge in [-0.05, 0) is 49.9 Å². The van der Waals surface area contributed by atoms with Crippen LogP contribution in [0, 0.1) is 12.3 Å². The third kappa shape index (κ3) is 4.93. The Morgan fingerprint density at radius 3 is 2.48 bits per heavy atom. The van der Waals surface area contributed by atoms with E-state index in [0.29, 0.717) is 47.7 Å². The second-order valence-electron chi connectivity index (χ2n) is 8.20. The number of carbonyl (C=O) groups is 2. The molecule has 3 rings (SSSR count). The first-order valence-corrected chi connectivity index (χ1v) is 9.98. The van der Waals surface area contributed by atoms with Crippen molar-refractivity contribution in [1.82, 2.24) is 0 Å². The van der Waals surface area contributed by atoms with Gasteiger partial charge in [0.1, 0.15) is 5.76 Å². The molecule has 164 valence electrons. The van der Waals surface area contributed by atoms with Gasteiger partial charge in [-0.1, -0.05) is 13.8 Å². The molecule has 1 heterocycles. The van der Waals surface area contributed by atoms with Crippen LogP contribution in [0.15, 0.2) is 38.9 Å². The van der Waals surface area contributed by atoms with E-state index in [-0.39, 0.29) is 17.1 Å². The molecule has 0 atom stereocenters. The first-order valence-electron chi connectivity index (χ1n) is 9.98. The summed E-state index contributed by atoms with van der Waals surface area (Å²) in [4.78, 5) is 24.7. The van der Waals surface area contributed by atoms with Crippen molar-refractivity contribution in [3.63, 3.8) is 0 Å². The smallest absolute Gasteiger partial charge is 0.338 e. The van der Waals surface area contributed by atoms with Gasteiger partial charge < -0.3 is 25.9 Å². The predicted octanol–water partition coefficient (Wildman–Crippen LogP) is 2.97. The number of nitrogens with one attached hydrogen (secondary N) is 1. The maximum atomic E-state index is 12.9. The molecule has 1 aromatic heterocycles. The third-order valence-corrected chi connectivity index (χ3v) is 4.94. The number of rotatable bonds is 5. The normalized spacial score (nSPS) is 15.8. The number of fused-ring (bicyclic) bond motifs is 1. The fourth-order valence-electron chi connectivity index (χ4n) is 3.63. The number of nitrogens with two attached hydrogens (primary N) is 2. The molecule has 1 aromatic carbocycles. The van der Waals surface area contributed by atoms with E-state index in [9.17, 15) is 9.59 Å². The van der Waals surface area contributed by atoms with Gasteiger partial charge in [0.2, 0.25) is 5.96 Å². The molecule has 0 aliphatic heterocycles. The van der Waals surface area contributed by atoms with Crippen LogP contribution < -0.4 is 16.8 Å². The topological polar surface area (TPSA) is 145 Å². The van der Waals surface area contributed by atoms with E-state index in [1.54, 1.807) is 31.2 Å². The lowest BCUT2D eigenvalue weighted by Gasteiger charge is -2.29. The third-order valence-electron chi connectivity index (χ3n) is 4.94. The Kier molecular flexibility index (Phi) is 6.14. The highest BCUT2D eigenvalue weighted by molar-refractivity contribution is 6.09. The number of nitrogens with zero attached hydrogens (tertiary/aromatic N) is 2. The monoisotopic (exact) mass is 425 g/mol. The second-order valence-corrected chi connectivity index (χ2v) is 8.20. The van der Waals surface area contributed by atoms with Crippen molar-refractivity contribution in [1.29, 1.82) is 0 Å². The van der Waals surface area contributed by atoms with Gasteiger partial charge in [-0.15, -0.1) is 5.10 Å². The molecule has 0 fully saturated rings. The first-order chi connectivity index (χ1) is 14.6. The number of amides is 1. The lowest BCUT2D eigenvalue weighted by molar-refractivity contribution is 0.0526. The average Bonchev–Trinajstić information content (AvgIpc) is 3.02. The molecule has 5 N–H and O–H groups in total. The molecule has 1 aliphatic rings. The van der Waals surface area contributed by atoms with Crippen molar-refractivity contribution in [3.8, 4) is 0 Å². The summed E-state index contributed by atoms with van der Waals surface area (Å²) in [6.07, 6.45) is 1.30. The van der Waals surface area contributed by atoms with Crippen molar-refractivity contribution in [2.75, 3.05) is 11.9 Å². The minimum atomic E-state index is -0.412. The summed E-state index contributed by atoms with van der Waals surface area (Å²) in [6.45, 7) is 8.02. The summed E-state index contributed by atoms with van der Waals surface area (Å²) < 4.78 is 10.9. The zero-order valence-corrected chi connectivity index (χ0v) is 18.1. The summed E-state index contributed by atoms with van der Waals surface area (Å²) in [6, 6.07) is 6.46. The van der Waals surface area contributed by atoms with E-state index in [1.165, 1.54) is 0 Å². The quantitative estimate of drug-likeness (QED) is 0.291. The van der Waals surface area contributed by atoms with Crippen LogP contribution in [0.4, 0.5) is 5.69 Å². The Hall–Kier alpha value is -3.62. The number of hydrogen-bond donors (Lipinski definition) is 3. The lowest BCUT2D eigenvalue weighted by atomic mass is 9.75. The van der Waals surface area contributed by atoms with Crippen molar-refractivity contribution >= 4 is 29.2 Å². The van der Waals surface area contributed by atoms with Gasteiger partial charge in [0.25, 0.3) is 5.91 Å². The van der Waals surface area contributed by atoms with Gasteiger partial charge in [-0.25, -0.2) is 4.79 Å². The van der Waals surface area contributed by atoms with Crippen molar-refractivity contribution in [2.24, 2.45) is 27.1 Å². The molecule has 0 bridgehead atoms. The minimum Gasteiger partial charge on any atom is -0.462 e. The zero-order chi connectivity index (χ0) is 22.8. The molecule has 1 aliphatic carbocycles. The highest BCUT2D eigenvalue weighted by Gasteiger charge is 2.36. The lowest BCUT2D eigenvalue weighted by Crippen LogP contribution is -2.27. The maximum absolute atomic E-state index is 12.9. The van der Waals surface area contributed by atoms with Crippen LogP contribution in [0.3, 0.4) is 0 Å². The number of guanidine groups is 1. The minimum absolute atomic E-state index is 0.119. The summed E-state index contributed by atoms with van der Waals surface area (Å²) >= 11 is 0. The van der Waals surface area contributed by atoms with E-state index in [2.05, 4.69) is 29.4 Å². The molecule has 9 nitrogen and oxygen atoms in total. The fraction of sp³-hybridized carbons (Fsp3) is 0.364. The van der Waals surface area contributed by atoms with Gasteiger partial charge in [0.05, 0.1) is 17.9 Å². The Morgan fingerprint density at radius 2 is 1.87 bits per heavy atom. The van der Waals surface area contributed by atoms with E-state index < -0.39 is 11.9 Å². The molecule has 2 aromatic rings. The predicted molar refractivity (Wildman–Crippen MR) is 118 cm³/mol. The molecule has 0 unspecified atom stereocenters. The Morgan fingerprint density at radius 1 is 1.19 bits per heavy atom. The summed E-state index contributed by atoms with van der Waals surface area (Å²) in [5, 5.41) is 10.8. The van der Waals surface area contributed by atoms with Gasteiger partial charge in [0, 0.05) is 23.2 Å². The maximum Gasteiger partial charge on any atom is 0.338 e. The standard InChI is InChI=1S/C22H27N5O4/c1-5-30-20(29)13-6-8-14(9-7-13)25-19(28)18-12(2)17-15(26-27-21(23)24)10-22(3,4)11-16(17)31-18/h6-9H,5,10-11H2,1-4H3,(H,25,28)(H4,23,24,27)/b26-15-. The van der Waals surface area contributed by atoms with Crippen LogP contribution in [0.25, 0.3) is 0 Å². The summed E-state index contributed by atoms with van der Waals surface area (Å²) in [5.41, 5.74) is 13.8. The fourth-order valence-corrected chi connectivity index (χ4v) is 3.63. The van der Waals surface area contributed by atoms with Crippen molar-refractivity contribution in [3.05, 3.63) is 52.5 Å². The van der Waals surface area contributed by atoms with Crippen LogP contribution in [0.2, 0.25) is 0 Å². The summed E-state index contributed by atoms with van der Waals surface area (Å²) in [7, 11) is 0. The van der Waals surface area contributed by atoms with Gasteiger partial charge in [0.15, 0.2) is 5.76 Å². The molecule has 0 saturated carbocycles. The highest BCUT2D eigenvalue weighted by atomic mass is 16.5. The van der Waals surface area contributed by atoms with Crippen LogP contribution in [0.1, 0.15) is 65.0 Å². The number of anilines is 1. The van der Waals surface area contributed by atoms with Crippen LogP contribution in [0.5, 0.6) is 0 Å². The average molecular weight is 425 g/mol. The number of hydrogen-bond acceptors (Lipinski definition) is 6. The van der Waals surface area contributed by atoms with Gasteiger partial charge >= 0.3 is 5.97 Å². The molecular weight excluding hydrogens is 398 g/mol. The largest absolute Gasteiger partial charge is 0.462 e. The second kappa shape index (κ2) is 8.63. The molecule has 9 heteroatoms. The van der Waals surface area contributed by atoms with Crippen LogP contribution >= 0.6 is 0 Å². The number of ether oxygens (including phenoxy) is 1. The van der Waals surface area contributed by atoms with E-state index in [4.69, 9.17) is 20.6 Å². The molecule has 31 heavy (non-hydrogen) atoms. The number of carbonyl (C=O) groups excluding carboxylic acids is 2. The molecule has 1 amide bonds. The summed E-state index contributed by atoms with van der Waals surface area (Å²) in [5.74, 6) is -0.0570. The van der Waals surface area contributed by atoms with Crippen molar-refractivity contribution < 1.29 is 18.7 Å². The van der Waals surface area contributed by atoms with Gasteiger partial charge in [-0.2, -0.15) is 5.10 Å². The Bertz CT molecular complexity index is 1060. The number of esters is 1. The highest BCUT2D eigenvalue weighted by Crippen LogP contribution is 2.39. The van der Waals surface area contributed by atoms with Gasteiger partial charge in [-0.3, -0.25) is 4.79 Å². The van der Waals surface area contributed by atoms with Crippen LogP contribution in [-0.2, 0) is 11.2 Å². The van der Waals surface area contributed by atoms with E-state index in [1.807, 2.05) is 6.92 Å². The Balaban J connectivity index is 1.87. The van der Waals surface area contributed by atoms with E-state index in [0.717, 1.165) is 5.56 Å². The SMILES string of the molecule is CCOC(=O)c1ccc(NC(=O)c2oc3c(c2C)/C(=N\N=C(N)N)CC(C)(C)C3)cc1. The van der Waals surface area contributed by atoms with Crippen molar-refractivity contribution in [2.45, 2.75) is 40.5 Å². The zero-order valence-electron chi connectivity index (χ0n) is 18.1. The molecular formula is C22H27N5O4. The Labute approximate surface area is 180 Å². The van der Waals surface area contributed by atoms with Crippen LogP contribution in [-0.4, -0.2) is 30.2 Å².